The zero-order chi connectivity index (χ0) is 19.2. The van der Waals surface area contributed by atoms with Crippen LogP contribution in [0.4, 0.5) is 0 Å². The van der Waals surface area contributed by atoms with Gasteiger partial charge in [-0.3, -0.25) is 4.79 Å². The standard InChI is InChI=1S/C21H20O6/c1-3-12-25-18(22)13-26-21-19(23)16-6-4-5-7-17(16)27-20(21)14-8-10-15(24-2)11-9-14/h4-11H,3,12-13H2,1-2H3. The second kappa shape index (κ2) is 8.40. The first kappa shape index (κ1) is 18.5. The Hall–Kier alpha value is -3.28. The van der Waals surface area contributed by atoms with Crippen LogP contribution in [0, 0.1) is 0 Å². The zero-order valence-corrected chi connectivity index (χ0v) is 15.2. The summed E-state index contributed by atoms with van der Waals surface area (Å²) in [6.07, 6.45) is 0.709. The lowest BCUT2D eigenvalue weighted by atomic mass is 10.1. The molecular weight excluding hydrogens is 348 g/mol. The Morgan fingerprint density at radius 1 is 1.07 bits per heavy atom. The lowest BCUT2D eigenvalue weighted by Gasteiger charge is -2.12. The maximum atomic E-state index is 12.9. The highest BCUT2D eigenvalue weighted by molar-refractivity contribution is 5.82. The summed E-state index contributed by atoms with van der Waals surface area (Å²) in [5.74, 6) is 0.370. The van der Waals surface area contributed by atoms with E-state index < -0.39 is 5.97 Å². The van der Waals surface area contributed by atoms with Crippen molar-refractivity contribution in [3.63, 3.8) is 0 Å². The topological polar surface area (TPSA) is 75.0 Å². The SMILES string of the molecule is CCCOC(=O)COc1c(-c2ccc(OC)cc2)oc2ccccc2c1=O. The number of hydrogen-bond acceptors (Lipinski definition) is 6. The van der Waals surface area contributed by atoms with Gasteiger partial charge in [0.1, 0.15) is 11.3 Å². The van der Waals surface area contributed by atoms with E-state index in [0.717, 1.165) is 0 Å². The molecule has 1 heterocycles. The van der Waals surface area contributed by atoms with E-state index >= 15 is 0 Å². The Morgan fingerprint density at radius 3 is 2.52 bits per heavy atom. The molecule has 0 aliphatic heterocycles. The first-order valence-electron chi connectivity index (χ1n) is 8.62. The molecule has 6 heteroatoms. The van der Waals surface area contributed by atoms with Gasteiger partial charge in [-0.25, -0.2) is 4.79 Å². The number of methoxy groups -OCH3 is 1. The average Bonchev–Trinajstić information content (AvgIpc) is 2.71. The van der Waals surface area contributed by atoms with Gasteiger partial charge in [0.25, 0.3) is 0 Å². The molecule has 6 nitrogen and oxygen atoms in total. The van der Waals surface area contributed by atoms with Gasteiger partial charge in [0.2, 0.25) is 11.2 Å². The fourth-order valence-corrected chi connectivity index (χ4v) is 2.58. The summed E-state index contributed by atoms with van der Waals surface area (Å²) in [6.45, 7) is 1.83. The second-order valence-electron chi connectivity index (χ2n) is 5.82. The third-order valence-corrected chi connectivity index (χ3v) is 3.91. The minimum atomic E-state index is -0.537. The number of esters is 1. The summed E-state index contributed by atoms with van der Waals surface area (Å²) in [5.41, 5.74) is 0.732. The molecule has 0 bridgehead atoms. The molecule has 0 fully saturated rings. The van der Waals surface area contributed by atoms with E-state index in [1.165, 1.54) is 0 Å². The van der Waals surface area contributed by atoms with Gasteiger partial charge in [0.05, 0.1) is 19.1 Å². The van der Waals surface area contributed by atoms with Gasteiger partial charge in [0, 0.05) is 5.56 Å². The molecular formula is C21H20O6. The van der Waals surface area contributed by atoms with Crippen molar-refractivity contribution in [2.45, 2.75) is 13.3 Å². The predicted molar refractivity (Wildman–Crippen MR) is 101 cm³/mol. The van der Waals surface area contributed by atoms with Crippen LogP contribution in [0.2, 0.25) is 0 Å². The normalized spacial score (nSPS) is 10.6. The van der Waals surface area contributed by atoms with E-state index in [2.05, 4.69) is 0 Å². The Balaban J connectivity index is 2.04. The number of ether oxygens (including phenoxy) is 3. The highest BCUT2D eigenvalue weighted by Gasteiger charge is 2.19. The molecule has 3 rings (SSSR count). The lowest BCUT2D eigenvalue weighted by Crippen LogP contribution is -2.19. The van der Waals surface area contributed by atoms with Gasteiger partial charge < -0.3 is 18.6 Å². The van der Waals surface area contributed by atoms with Crippen LogP contribution in [0.15, 0.2) is 57.7 Å². The first-order chi connectivity index (χ1) is 13.1. The minimum absolute atomic E-state index is 0.0210. The molecule has 2 aromatic carbocycles. The van der Waals surface area contributed by atoms with E-state index in [9.17, 15) is 9.59 Å². The molecule has 0 spiro atoms. The molecule has 0 radical (unpaired) electrons. The van der Waals surface area contributed by atoms with Gasteiger partial charge in [-0.15, -0.1) is 0 Å². The van der Waals surface area contributed by atoms with Crippen molar-refractivity contribution < 1.29 is 23.4 Å². The Bertz CT molecular complexity index is 988. The van der Waals surface area contributed by atoms with Crippen molar-refractivity contribution in [3.05, 3.63) is 58.8 Å². The van der Waals surface area contributed by atoms with Gasteiger partial charge in [-0.05, 0) is 42.8 Å². The van der Waals surface area contributed by atoms with Crippen molar-refractivity contribution in [1.82, 2.24) is 0 Å². The fraction of sp³-hybridized carbons (Fsp3) is 0.238. The first-order valence-corrected chi connectivity index (χ1v) is 8.62. The monoisotopic (exact) mass is 368 g/mol. The summed E-state index contributed by atoms with van der Waals surface area (Å²) >= 11 is 0. The molecule has 3 aromatic rings. The summed E-state index contributed by atoms with van der Waals surface area (Å²) in [7, 11) is 1.57. The van der Waals surface area contributed by atoms with Crippen molar-refractivity contribution in [3.8, 4) is 22.8 Å². The third kappa shape index (κ3) is 4.11. The summed E-state index contributed by atoms with van der Waals surface area (Å²) in [4.78, 5) is 24.7. The number of fused-ring (bicyclic) bond motifs is 1. The number of carbonyl (C=O) groups is 1. The Morgan fingerprint density at radius 2 is 1.81 bits per heavy atom. The summed E-state index contributed by atoms with van der Waals surface area (Å²) in [6, 6.07) is 13.9. The third-order valence-electron chi connectivity index (χ3n) is 3.91. The predicted octanol–water partition coefficient (Wildman–Crippen LogP) is 3.80. The number of hydrogen-bond donors (Lipinski definition) is 0. The van der Waals surface area contributed by atoms with E-state index in [1.54, 1.807) is 55.6 Å². The van der Waals surface area contributed by atoms with E-state index in [4.69, 9.17) is 18.6 Å². The van der Waals surface area contributed by atoms with Crippen LogP contribution in [0.25, 0.3) is 22.3 Å². The van der Waals surface area contributed by atoms with Crippen molar-refractivity contribution in [1.29, 1.82) is 0 Å². The van der Waals surface area contributed by atoms with Gasteiger partial charge in [-0.2, -0.15) is 0 Å². The molecule has 0 aliphatic rings. The average molecular weight is 368 g/mol. The van der Waals surface area contributed by atoms with Crippen LogP contribution in [-0.4, -0.2) is 26.3 Å². The maximum Gasteiger partial charge on any atom is 0.344 e. The highest BCUT2D eigenvalue weighted by atomic mass is 16.6. The number of rotatable bonds is 7. The molecule has 0 saturated carbocycles. The fourth-order valence-electron chi connectivity index (χ4n) is 2.58. The number of benzene rings is 2. The van der Waals surface area contributed by atoms with Crippen molar-refractivity contribution in [2.24, 2.45) is 0 Å². The maximum absolute atomic E-state index is 12.9. The highest BCUT2D eigenvalue weighted by Crippen LogP contribution is 2.31. The van der Waals surface area contributed by atoms with E-state index in [1.807, 2.05) is 6.92 Å². The summed E-state index contributed by atoms with van der Waals surface area (Å²) in [5, 5.41) is 0.381. The molecule has 140 valence electrons. The molecule has 0 amide bonds. The minimum Gasteiger partial charge on any atom is -0.497 e. The largest absolute Gasteiger partial charge is 0.497 e. The second-order valence-corrected chi connectivity index (χ2v) is 5.82. The van der Waals surface area contributed by atoms with E-state index in [-0.39, 0.29) is 23.5 Å². The van der Waals surface area contributed by atoms with Gasteiger partial charge in [-0.1, -0.05) is 19.1 Å². The van der Waals surface area contributed by atoms with Gasteiger partial charge >= 0.3 is 5.97 Å². The van der Waals surface area contributed by atoms with Crippen LogP contribution in [0.5, 0.6) is 11.5 Å². The Labute approximate surface area is 156 Å². The van der Waals surface area contributed by atoms with Gasteiger partial charge in [0.15, 0.2) is 12.4 Å². The molecule has 1 aromatic heterocycles. The molecule has 27 heavy (non-hydrogen) atoms. The van der Waals surface area contributed by atoms with Crippen LogP contribution >= 0.6 is 0 Å². The molecule has 0 saturated heterocycles. The smallest absolute Gasteiger partial charge is 0.344 e. The van der Waals surface area contributed by atoms with Crippen molar-refractivity contribution in [2.75, 3.05) is 20.3 Å². The quantitative estimate of drug-likeness (QED) is 0.591. The van der Waals surface area contributed by atoms with E-state index in [0.29, 0.717) is 35.3 Å². The van der Waals surface area contributed by atoms with Crippen LogP contribution in [-0.2, 0) is 9.53 Å². The zero-order valence-electron chi connectivity index (χ0n) is 15.2. The van der Waals surface area contributed by atoms with Crippen LogP contribution in [0.3, 0.4) is 0 Å². The summed E-state index contributed by atoms with van der Waals surface area (Å²) < 4.78 is 21.6. The molecule has 0 unspecified atom stereocenters. The lowest BCUT2D eigenvalue weighted by molar-refractivity contribution is -0.146. The number of carbonyl (C=O) groups excluding carboxylic acids is 1. The molecule has 0 aliphatic carbocycles. The number of para-hydroxylation sites is 1. The van der Waals surface area contributed by atoms with Crippen LogP contribution < -0.4 is 14.9 Å². The molecule has 0 atom stereocenters. The molecule has 0 N–H and O–H groups in total. The van der Waals surface area contributed by atoms with Crippen LogP contribution in [0.1, 0.15) is 13.3 Å². The Kier molecular flexibility index (Phi) is 5.76. The van der Waals surface area contributed by atoms with Crippen molar-refractivity contribution >= 4 is 16.9 Å².